The summed E-state index contributed by atoms with van der Waals surface area (Å²) < 4.78 is 10.8. The quantitative estimate of drug-likeness (QED) is 0.358. The van der Waals surface area contributed by atoms with Crippen molar-refractivity contribution in [3.8, 4) is 22.6 Å². The molecule has 33 heavy (non-hydrogen) atoms. The molecule has 0 aliphatic heterocycles. The molecular weight excluding hydrogens is 444 g/mol. The number of hydrogen-bond donors (Lipinski definition) is 3. The molecule has 4 rings (SSSR count). The molecule has 10 heteroatoms. The number of rotatable bonds is 8. The minimum atomic E-state index is -1.10. The van der Waals surface area contributed by atoms with Gasteiger partial charge in [-0.2, -0.15) is 0 Å². The van der Waals surface area contributed by atoms with E-state index in [0.717, 1.165) is 21.3 Å². The van der Waals surface area contributed by atoms with Crippen LogP contribution >= 0.6 is 11.3 Å². The van der Waals surface area contributed by atoms with Gasteiger partial charge in [0.1, 0.15) is 23.5 Å². The highest BCUT2D eigenvalue weighted by molar-refractivity contribution is 7.17. The molecule has 0 aliphatic rings. The maximum absolute atomic E-state index is 12.0. The highest BCUT2D eigenvalue weighted by Crippen LogP contribution is 2.40. The van der Waals surface area contributed by atoms with E-state index in [2.05, 4.69) is 20.6 Å². The zero-order valence-electron chi connectivity index (χ0n) is 17.8. The monoisotopic (exact) mass is 464 g/mol. The van der Waals surface area contributed by atoms with Gasteiger partial charge in [-0.3, -0.25) is 9.59 Å². The van der Waals surface area contributed by atoms with Crippen LogP contribution in [0, 0.1) is 0 Å². The van der Waals surface area contributed by atoms with Crippen molar-refractivity contribution in [3.63, 3.8) is 0 Å². The second-order valence-corrected chi connectivity index (χ2v) is 7.76. The number of fused-ring (bicyclic) bond motifs is 1. The van der Waals surface area contributed by atoms with Gasteiger partial charge in [0.05, 0.1) is 19.6 Å². The number of nitrogens with one attached hydrogen (secondary N) is 2. The molecule has 2 aromatic heterocycles. The Hall–Kier alpha value is -4.18. The molecule has 9 nitrogen and oxygen atoms in total. The lowest BCUT2D eigenvalue weighted by Crippen LogP contribution is -2.29. The fourth-order valence-corrected chi connectivity index (χ4v) is 4.20. The number of anilines is 2. The van der Waals surface area contributed by atoms with E-state index in [4.69, 9.17) is 14.6 Å². The Morgan fingerprint density at radius 2 is 1.79 bits per heavy atom. The van der Waals surface area contributed by atoms with E-state index < -0.39 is 18.4 Å². The SMILES string of the molecule is COc1ccc(-c2csc3ncnc(Nc4ccc(C(=O)NCC(=O)O)cc4)c23)cc1OC. The van der Waals surface area contributed by atoms with Crippen molar-refractivity contribution in [1.29, 1.82) is 0 Å². The first-order chi connectivity index (χ1) is 16.0. The highest BCUT2D eigenvalue weighted by atomic mass is 32.1. The van der Waals surface area contributed by atoms with Gasteiger partial charge in [-0.15, -0.1) is 11.3 Å². The maximum atomic E-state index is 12.0. The van der Waals surface area contributed by atoms with Crippen molar-refractivity contribution >= 4 is 44.9 Å². The number of amides is 1. The normalized spacial score (nSPS) is 10.6. The standard InChI is InChI=1S/C23H20N4O5S/c1-31-17-8-5-14(9-18(17)32-2)16-11-33-23-20(16)21(25-12-26-23)27-15-6-3-13(4-7-15)22(30)24-10-19(28)29/h3-9,11-12H,10H2,1-2H3,(H,24,30)(H,28,29)(H,25,26,27). The predicted molar refractivity (Wildman–Crippen MR) is 126 cm³/mol. The van der Waals surface area contributed by atoms with Crippen LogP contribution in [-0.2, 0) is 4.79 Å². The summed E-state index contributed by atoms with van der Waals surface area (Å²) >= 11 is 1.51. The average molecular weight is 465 g/mol. The van der Waals surface area contributed by atoms with Crippen molar-refractivity contribution in [1.82, 2.24) is 15.3 Å². The molecule has 0 bridgehead atoms. The van der Waals surface area contributed by atoms with Crippen LogP contribution in [0.3, 0.4) is 0 Å². The summed E-state index contributed by atoms with van der Waals surface area (Å²) in [5.74, 6) is 0.326. The summed E-state index contributed by atoms with van der Waals surface area (Å²) in [7, 11) is 3.18. The third-order valence-corrected chi connectivity index (χ3v) is 5.76. The van der Waals surface area contributed by atoms with Gasteiger partial charge < -0.3 is 25.2 Å². The lowest BCUT2D eigenvalue weighted by Gasteiger charge is -2.11. The molecule has 3 N–H and O–H groups in total. The molecule has 0 atom stereocenters. The minimum Gasteiger partial charge on any atom is -0.493 e. The van der Waals surface area contributed by atoms with Gasteiger partial charge in [0.25, 0.3) is 5.91 Å². The van der Waals surface area contributed by atoms with Crippen LogP contribution in [0.15, 0.2) is 54.2 Å². The van der Waals surface area contributed by atoms with Crippen molar-refractivity contribution < 1.29 is 24.2 Å². The number of carboxylic acids is 1. The molecule has 0 unspecified atom stereocenters. The van der Waals surface area contributed by atoms with Gasteiger partial charge in [0.15, 0.2) is 11.5 Å². The average Bonchev–Trinajstić information content (AvgIpc) is 3.28. The highest BCUT2D eigenvalue weighted by Gasteiger charge is 2.16. The summed E-state index contributed by atoms with van der Waals surface area (Å²) in [6, 6.07) is 12.4. The van der Waals surface area contributed by atoms with Crippen LogP contribution in [0.2, 0.25) is 0 Å². The van der Waals surface area contributed by atoms with E-state index in [1.165, 1.54) is 17.7 Å². The van der Waals surface area contributed by atoms with Gasteiger partial charge in [0, 0.05) is 22.2 Å². The number of carbonyl (C=O) groups is 2. The summed E-state index contributed by atoms with van der Waals surface area (Å²) in [4.78, 5) is 32.3. The molecule has 2 heterocycles. The zero-order chi connectivity index (χ0) is 23.4. The molecule has 1 amide bonds. The number of ether oxygens (including phenoxy) is 2. The fourth-order valence-electron chi connectivity index (χ4n) is 3.29. The Balaban J connectivity index is 1.64. The Labute approximate surface area is 193 Å². The van der Waals surface area contributed by atoms with Crippen molar-refractivity contribution in [3.05, 3.63) is 59.7 Å². The topological polar surface area (TPSA) is 123 Å². The fraction of sp³-hybridized carbons (Fsp3) is 0.130. The summed E-state index contributed by atoms with van der Waals surface area (Å²) in [6.07, 6.45) is 1.49. The summed E-state index contributed by atoms with van der Waals surface area (Å²) in [5, 5.41) is 17.2. The summed E-state index contributed by atoms with van der Waals surface area (Å²) in [6.45, 7) is -0.436. The minimum absolute atomic E-state index is 0.358. The number of aliphatic carboxylic acids is 1. The number of carbonyl (C=O) groups excluding carboxylic acids is 1. The number of thiophene rings is 1. The largest absolute Gasteiger partial charge is 0.493 e. The molecular formula is C23H20N4O5S. The lowest BCUT2D eigenvalue weighted by molar-refractivity contribution is -0.135. The molecule has 2 aromatic carbocycles. The third kappa shape index (κ3) is 4.70. The number of carboxylic acid groups (broad SMARTS) is 1. The number of aromatic nitrogens is 2. The molecule has 168 valence electrons. The molecule has 4 aromatic rings. The van der Waals surface area contributed by atoms with Crippen LogP contribution < -0.4 is 20.1 Å². The molecule has 0 fully saturated rings. The molecule has 0 saturated heterocycles. The van der Waals surface area contributed by atoms with Gasteiger partial charge in [-0.05, 0) is 42.0 Å². The van der Waals surface area contributed by atoms with E-state index in [9.17, 15) is 9.59 Å². The predicted octanol–water partition coefficient (Wildman–Crippen LogP) is 3.93. The number of hydrogen-bond acceptors (Lipinski definition) is 8. The van der Waals surface area contributed by atoms with E-state index >= 15 is 0 Å². The first-order valence-electron chi connectivity index (χ1n) is 9.82. The lowest BCUT2D eigenvalue weighted by atomic mass is 10.1. The maximum Gasteiger partial charge on any atom is 0.322 e. The molecule has 0 aliphatic carbocycles. The van der Waals surface area contributed by atoms with Crippen molar-refractivity contribution in [2.45, 2.75) is 0 Å². The van der Waals surface area contributed by atoms with Crippen molar-refractivity contribution in [2.24, 2.45) is 0 Å². The molecule has 0 spiro atoms. The first-order valence-corrected chi connectivity index (χ1v) is 10.7. The second kappa shape index (κ2) is 9.53. The third-order valence-electron chi connectivity index (χ3n) is 4.87. The van der Waals surface area contributed by atoms with E-state index in [0.29, 0.717) is 28.6 Å². The van der Waals surface area contributed by atoms with Crippen LogP contribution in [0.1, 0.15) is 10.4 Å². The van der Waals surface area contributed by atoms with Crippen molar-refractivity contribution in [2.75, 3.05) is 26.1 Å². The summed E-state index contributed by atoms with van der Waals surface area (Å²) in [5.41, 5.74) is 2.95. The van der Waals surface area contributed by atoms with Gasteiger partial charge in [-0.1, -0.05) is 6.07 Å². The molecule has 0 saturated carbocycles. The zero-order valence-corrected chi connectivity index (χ0v) is 18.6. The van der Waals surface area contributed by atoms with E-state index in [1.54, 1.807) is 38.5 Å². The van der Waals surface area contributed by atoms with Crippen LogP contribution in [0.5, 0.6) is 11.5 Å². The Morgan fingerprint density at radius 3 is 2.48 bits per heavy atom. The number of methoxy groups -OCH3 is 2. The number of benzene rings is 2. The van der Waals surface area contributed by atoms with Crippen LogP contribution in [-0.4, -0.2) is 47.7 Å². The first kappa shape index (κ1) is 22.0. The number of nitrogens with zero attached hydrogens (tertiary/aromatic N) is 2. The Bertz CT molecular complexity index is 1320. The van der Waals surface area contributed by atoms with Gasteiger partial charge >= 0.3 is 5.97 Å². The van der Waals surface area contributed by atoms with E-state index in [1.807, 2.05) is 23.6 Å². The second-order valence-electron chi connectivity index (χ2n) is 6.90. The van der Waals surface area contributed by atoms with Gasteiger partial charge in [0.2, 0.25) is 0 Å². The smallest absolute Gasteiger partial charge is 0.322 e. The van der Waals surface area contributed by atoms with Crippen LogP contribution in [0.4, 0.5) is 11.5 Å². The van der Waals surface area contributed by atoms with Crippen LogP contribution in [0.25, 0.3) is 21.3 Å². The molecule has 0 radical (unpaired) electrons. The van der Waals surface area contributed by atoms with E-state index in [-0.39, 0.29) is 0 Å². The Kier molecular flexibility index (Phi) is 6.36. The Morgan fingerprint density at radius 1 is 1.03 bits per heavy atom. The van der Waals surface area contributed by atoms with Gasteiger partial charge in [-0.25, -0.2) is 9.97 Å².